The van der Waals surface area contributed by atoms with Gasteiger partial charge in [0.15, 0.2) is 0 Å². The third kappa shape index (κ3) is 2.37. The van der Waals surface area contributed by atoms with E-state index in [9.17, 15) is 9.18 Å². The van der Waals surface area contributed by atoms with Gasteiger partial charge in [-0.2, -0.15) is 0 Å². The number of rotatable bonds is 2. The number of hydrogen-bond donors (Lipinski definition) is 2. The van der Waals surface area contributed by atoms with Gasteiger partial charge in [-0.25, -0.2) is 4.39 Å². The SMILES string of the molecule is O=C(Nc1ccccc1F)c1cccc2c1CCCN2. The Morgan fingerprint density at radius 2 is 2.00 bits per heavy atom. The maximum Gasteiger partial charge on any atom is 0.256 e. The van der Waals surface area contributed by atoms with Crippen molar-refractivity contribution in [3.63, 3.8) is 0 Å². The largest absolute Gasteiger partial charge is 0.385 e. The molecule has 0 atom stereocenters. The lowest BCUT2D eigenvalue weighted by molar-refractivity contribution is 0.102. The molecule has 0 spiro atoms. The van der Waals surface area contributed by atoms with Crippen LogP contribution in [0.3, 0.4) is 0 Å². The highest BCUT2D eigenvalue weighted by atomic mass is 19.1. The Hall–Kier alpha value is -2.36. The van der Waals surface area contributed by atoms with Crippen molar-refractivity contribution in [2.75, 3.05) is 17.2 Å². The summed E-state index contributed by atoms with van der Waals surface area (Å²) in [5.41, 5.74) is 2.82. The molecule has 3 rings (SSSR count). The summed E-state index contributed by atoms with van der Waals surface area (Å²) in [5, 5.41) is 5.91. The standard InChI is InChI=1S/C16H15FN2O/c17-13-7-1-2-8-15(13)19-16(20)12-5-3-9-14-11(12)6-4-10-18-14/h1-3,5,7-9,18H,4,6,10H2,(H,19,20). The van der Waals surface area contributed by atoms with Gasteiger partial charge in [0.25, 0.3) is 5.91 Å². The van der Waals surface area contributed by atoms with Gasteiger partial charge in [-0.3, -0.25) is 4.79 Å². The fourth-order valence-electron chi connectivity index (χ4n) is 2.47. The third-order valence-corrected chi connectivity index (χ3v) is 3.46. The molecular weight excluding hydrogens is 255 g/mol. The van der Waals surface area contributed by atoms with Crippen LogP contribution in [0, 0.1) is 5.82 Å². The van der Waals surface area contributed by atoms with Gasteiger partial charge in [0.1, 0.15) is 5.82 Å². The zero-order valence-corrected chi connectivity index (χ0v) is 10.9. The van der Waals surface area contributed by atoms with Crippen molar-refractivity contribution < 1.29 is 9.18 Å². The van der Waals surface area contributed by atoms with Gasteiger partial charge in [-0.15, -0.1) is 0 Å². The second-order valence-electron chi connectivity index (χ2n) is 4.80. The number of carbonyl (C=O) groups is 1. The predicted molar refractivity (Wildman–Crippen MR) is 77.6 cm³/mol. The molecule has 3 nitrogen and oxygen atoms in total. The topological polar surface area (TPSA) is 41.1 Å². The first-order chi connectivity index (χ1) is 9.75. The Balaban J connectivity index is 1.90. The Kier molecular flexibility index (Phi) is 3.37. The van der Waals surface area contributed by atoms with Crippen molar-refractivity contribution in [3.05, 3.63) is 59.4 Å². The minimum absolute atomic E-state index is 0.207. The molecule has 0 fully saturated rings. The first-order valence-corrected chi connectivity index (χ1v) is 6.67. The van der Waals surface area contributed by atoms with Crippen LogP contribution in [0.2, 0.25) is 0 Å². The van der Waals surface area contributed by atoms with Crippen LogP contribution in [0.1, 0.15) is 22.3 Å². The van der Waals surface area contributed by atoms with E-state index in [2.05, 4.69) is 10.6 Å². The van der Waals surface area contributed by atoms with E-state index in [4.69, 9.17) is 0 Å². The molecule has 1 heterocycles. The molecule has 1 aliphatic heterocycles. The lowest BCUT2D eigenvalue weighted by atomic mass is 9.97. The second kappa shape index (κ2) is 5.33. The maximum absolute atomic E-state index is 13.6. The minimum atomic E-state index is -0.427. The normalized spacial score (nSPS) is 13.2. The number of amides is 1. The van der Waals surface area contributed by atoms with Gasteiger partial charge < -0.3 is 10.6 Å². The van der Waals surface area contributed by atoms with Crippen molar-refractivity contribution in [3.8, 4) is 0 Å². The molecule has 102 valence electrons. The van der Waals surface area contributed by atoms with Crippen LogP contribution in [0.15, 0.2) is 42.5 Å². The average Bonchev–Trinajstić information content (AvgIpc) is 2.49. The third-order valence-electron chi connectivity index (χ3n) is 3.46. The van der Waals surface area contributed by atoms with Gasteiger partial charge in [-0.1, -0.05) is 18.2 Å². The van der Waals surface area contributed by atoms with Crippen LogP contribution >= 0.6 is 0 Å². The Bertz CT molecular complexity index is 655. The molecule has 2 aromatic carbocycles. The van der Waals surface area contributed by atoms with Gasteiger partial charge in [-0.05, 0) is 42.7 Å². The summed E-state index contributed by atoms with van der Waals surface area (Å²) in [4.78, 5) is 12.3. The van der Waals surface area contributed by atoms with Crippen molar-refractivity contribution in [1.29, 1.82) is 0 Å². The highest BCUT2D eigenvalue weighted by Gasteiger charge is 2.18. The molecule has 1 aliphatic rings. The van der Waals surface area contributed by atoms with E-state index in [1.807, 2.05) is 12.1 Å². The number of benzene rings is 2. The summed E-state index contributed by atoms with van der Waals surface area (Å²) in [6.45, 7) is 0.922. The van der Waals surface area contributed by atoms with Crippen LogP contribution in [-0.2, 0) is 6.42 Å². The maximum atomic E-state index is 13.6. The zero-order valence-electron chi connectivity index (χ0n) is 10.9. The number of nitrogens with one attached hydrogen (secondary N) is 2. The number of hydrogen-bond acceptors (Lipinski definition) is 2. The van der Waals surface area contributed by atoms with Crippen molar-refractivity contribution in [1.82, 2.24) is 0 Å². The summed E-state index contributed by atoms with van der Waals surface area (Å²) < 4.78 is 13.6. The summed E-state index contributed by atoms with van der Waals surface area (Å²) in [6.07, 6.45) is 1.86. The van der Waals surface area contributed by atoms with E-state index in [0.717, 1.165) is 30.6 Å². The highest BCUT2D eigenvalue weighted by Crippen LogP contribution is 2.26. The molecule has 2 N–H and O–H groups in total. The minimum Gasteiger partial charge on any atom is -0.385 e. The Morgan fingerprint density at radius 3 is 2.85 bits per heavy atom. The summed E-state index contributed by atoms with van der Waals surface area (Å²) >= 11 is 0. The molecule has 0 unspecified atom stereocenters. The van der Waals surface area contributed by atoms with Gasteiger partial charge in [0, 0.05) is 17.8 Å². The molecule has 1 amide bonds. The van der Waals surface area contributed by atoms with Crippen molar-refractivity contribution in [2.24, 2.45) is 0 Å². The highest BCUT2D eigenvalue weighted by molar-refractivity contribution is 6.06. The molecule has 0 bridgehead atoms. The molecule has 0 radical (unpaired) electrons. The lowest BCUT2D eigenvalue weighted by Crippen LogP contribution is -2.19. The molecule has 20 heavy (non-hydrogen) atoms. The summed E-state index contributed by atoms with van der Waals surface area (Å²) in [5.74, 6) is -0.695. The fourth-order valence-corrected chi connectivity index (χ4v) is 2.47. The van der Waals surface area contributed by atoms with Crippen LogP contribution in [0.4, 0.5) is 15.8 Å². The first-order valence-electron chi connectivity index (χ1n) is 6.67. The number of halogens is 1. The first kappa shape index (κ1) is 12.7. The van der Waals surface area contributed by atoms with E-state index in [1.165, 1.54) is 6.07 Å². The van der Waals surface area contributed by atoms with E-state index in [0.29, 0.717) is 5.56 Å². The molecular formula is C16H15FN2O. The monoisotopic (exact) mass is 270 g/mol. The van der Waals surface area contributed by atoms with Crippen LogP contribution in [-0.4, -0.2) is 12.5 Å². The van der Waals surface area contributed by atoms with Crippen LogP contribution in [0.25, 0.3) is 0 Å². The van der Waals surface area contributed by atoms with Crippen LogP contribution in [0.5, 0.6) is 0 Å². The number of anilines is 2. The number of fused-ring (bicyclic) bond motifs is 1. The molecule has 0 saturated carbocycles. The quantitative estimate of drug-likeness (QED) is 0.877. The second-order valence-corrected chi connectivity index (χ2v) is 4.80. The van der Waals surface area contributed by atoms with Crippen molar-refractivity contribution >= 4 is 17.3 Å². The molecule has 0 aliphatic carbocycles. The fraction of sp³-hybridized carbons (Fsp3) is 0.188. The summed E-state index contributed by atoms with van der Waals surface area (Å²) in [7, 11) is 0. The van der Waals surface area contributed by atoms with Gasteiger partial charge in [0.2, 0.25) is 0 Å². The molecule has 2 aromatic rings. The Labute approximate surface area is 116 Å². The Morgan fingerprint density at radius 1 is 1.15 bits per heavy atom. The average molecular weight is 270 g/mol. The lowest BCUT2D eigenvalue weighted by Gasteiger charge is -2.20. The zero-order chi connectivity index (χ0) is 13.9. The molecule has 0 aromatic heterocycles. The predicted octanol–water partition coefficient (Wildman–Crippen LogP) is 3.44. The van der Waals surface area contributed by atoms with Gasteiger partial charge in [0.05, 0.1) is 5.69 Å². The number of para-hydroxylation sites is 1. The summed E-state index contributed by atoms with van der Waals surface area (Å²) in [6, 6.07) is 11.8. The van der Waals surface area contributed by atoms with E-state index >= 15 is 0 Å². The van der Waals surface area contributed by atoms with E-state index in [-0.39, 0.29) is 11.6 Å². The van der Waals surface area contributed by atoms with E-state index in [1.54, 1.807) is 24.3 Å². The van der Waals surface area contributed by atoms with E-state index < -0.39 is 5.82 Å². The van der Waals surface area contributed by atoms with Gasteiger partial charge >= 0.3 is 0 Å². The van der Waals surface area contributed by atoms with Crippen LogP contribution < -0.4 is 10.6 Å². The number of carbonyl (C=O) groups excluding carboxylic acids is 1. The molecule has 4 heteroatoms. The smallest absolute Gasteiger partial charge is 0.256 e. The van der Waals surface area contributed by atoms with Crippen molar-refractivity contribution in [2.45, 2.75) is 12.8 Å². The molecule has 0 saturated heterocycles.